The van der Waals surface area contributed by atoms with Gasteiger partial charge in [-0.15, -0.1) is 0 Å². The number of hydrogen-bond acceptors (Lipinski definition) is 5. The van der Waals surface area contributed by atoms with Crippen molar-refractivity contribution >= 4 is 5.97 Å². The minimum absolute atomic E-state index is 0.0593. The fourth-order valence-corrected chi connectivity index (χ4v) is 2.33. The number of aliphatic hydroxyl groups is 1. The van der Waals surface area contributed by atoms with Crippen LogP contribution in [0.4, 0.5) is 4.39 Å². The van der Waals surface area contributed by atoms with Crippen molar-refractivity contribution in [3.05, 3.63) is 65.5 Å². The van der Waals surface area contributed by atoms with Crippen LogP contribution in [-0.4, -0.2) is 30.9 Å². The maximum absolute atomic E-state index is 14.3. The summed E-state index contributed by atoms with van der Waals surface area (Å²) in [6, 6.07) is 13.5. The smallest absolute Gasteiger partial charge is 0.338 e. The molecule has 0 amide bonds. The molecular weight excluding hydrogens is 327 g/mol. The Bertz CT molecular complexity index is 689. The molecule has 1 unspecified atom stereocenters. The third kappa shape index (κ3) is 5.01. The molecule has 0 spiro atoms. The summed E-state index contributed by atoms with van der Waals surface area (Å²) in [6.45, 7) is 2.14. The van der Waals surface area contributed by atoms with Crippen LogP contribution in [0.3, 0.4) is 0 Å². The number of methoxy groups -OCH3 is 1. The molecule has 0 aliphatic rings. The third-order valence-electron chi connectivity index (χ3n) is 3.61. The van der Waals surface area contributed by atoms with E-state index in [-0.39, 0.29) is 12.2 Å². The fourth-order valence-electron chi connectivity index (χ4n) is 2.33. The van der Waals surface area contributed by atoms with Crippen LogP contribution < -0.4 is 4.74 Å². The van der Waals surface area contributed by atoms with Gasteiger partial charge in [-0.05, 0) is 24.6 Å². The Kier molecular flexibility index (Phi) is 6.91. The Morgan fingerprint density at radius 3 is 2.52 bits per heavy atom. The van der Waals surface area contributed by atoms with Gasteiger partial charge in [0.05, 0.1) is 7.11 Å². The summed E-state index contributed by atoms with van der Waals surface area (Å²) in [7, 11) is 1.18. The van der Waals surface area contributed by atoms with E-state index in [0.29, 0.717) is 12.4 Å². The van der Waals surface area contributed by atoms with E-state index in [0.717, 1.165) is 5.56 Å². The summed E-state index contributed by atoms with van der Waals surface area (Å²) in [5.41, 5.74) is 0.894. The van der Waals surface area contributed by atoms with Crippen molar-refractivity contribution in [3.63, 3.8) is 0 Å². The molecule has 0 heterocycles. The van der Waals surface area contributed by atoms with E-state index < -0.39 is 24.0 Å². The lowest BCUT2D eigenvalue weighted by Crippen LogP contribution is -2.32. The SMILES string of the molecule is CCO[C@H](C(=O)OC)C(O)c1ccc(OCc2ccccc2)cc1F. The lowest BCUT2D eigenvalue weighted by Gasteiger charge is -2.21. The van der Waals surface area contributed by atoms with Gasteiger partial charge in [-0.25, -0.2) is 9.18 Å². The van der Waals surface area contributed by atoms with E-state index in [9.17, 15) is 14.3 Å². The number of ether oxygens (including phenoxy) is 3. The van der Waals surface area contributed by atoms with Gasteiger partial charge in [0.15, 0.2) is 6.10 Å². The molecule has 2 atom stereocenters. The van der Waals surface area contributed by atoms with E-state index in [2.05, 4.69) is 4.74 Å². The first-order chi connectivity index (χ1) is 12.1. The van der Waals surface area contributed by atoms with Crippen molar-refractivity contribution in [1.29, 1.82) is 0 Å². The van der Waals surface area contributed by atoms with Gasteiger partial charge in [0.1, 0.15) is 24.3 Å². The number of halogens is 1. The quantitative estimate of drug-likeness (QED) is 0.743. The highest BCUT2D eigenvalue weighted by Crippen LogP contribution is 2.26. The first-order valence-corrected chi connectivity index (χ1v) is 7.90. The fraction of sp³-hybridized carbons (Fsp3) is 0.316. The lowest BCUT2D eigenvalue weighted by molar-refractivity contribution is -0.162. The maximum Gasteiger partial charge on any atom is 0.338 e. The first kappa shape index (κ1) is 18.9. The molecule has 0 saturated heterocycles. The summed E-state index contributed by atoms with van der Waals surface area (Å²) in [5.74, 6) is -1.13. The molecule has 1 N–H and O–H groups in total. The van der Waals surface area contributed by atoms with E-state index >= 15 is 0 Å². The molecule has 2 aromatic rings. The molecule has 2 aromatic carbocycles. The second-order valence-electron chi connectivity index (χ2n) is 5.30. The Balaban J connectivity index is 2.10. The number of carbonyl (C=O) groups excluding carboxylic acids is 1. The summed E-state index contributed by atoms with van der Waals surface area (Å²) < 4.78 is 29.7. The Morgan fingerprint density at radius 1 is 1.20 bits per heavy atom. The Morgan fingerprint density at radius 2 is 1.92 bits per heavy atom. The lowest BCUT2D eigenvalue weighted by atomic mass is 10.0. The highest BCUT2D eigenvalue weighted by atomic mass is 19.1. The number of aliphatic hydroxyl groups excluding tert-OH is 1. The molecule has 2 rings (SSSR count). The van der Waals surface area contributed by atoms with Crippen LogP contribution >= 0.6 is 0 Å². The van der Waals surface area contributed by atoms with Gasteiger partial charge < -0.3 is 19.3 Å². The molecule has 134 valence electrons. The minimum Gasteiger partial charge on any atom is -0.489 e. The van der Waals surface area contributed by atoms with Crippen LogP contribution in [0.15, 0.2) is 48.5 Å². The molecule has 0 fully saturated rings. The summed E-state index contributed by atoms with van der Waals surface area (Å²) in [4.78, 5) is 11.7. The van der Waals surface area contributed by atoms with E-state index in [4.69, 9.17) is 9.47 Å². The minimum atomic E-state index is -1.48. The van der Waals surface area contributed by atoms with E-state index in [1.807, 2.05) is 30.3 Å². The third-order valence-corrected chi connectivity index (χ3v) is 3.61. The molecule has 0 radical (unpaired) electrons. The van der Waals surface area contributed by atoms with Crippen molar-refractivity contribution in [2.75, 3.05) is 13.7 Å². The van der Waals surface area contributed by atoms with Crippen molar-refractivity contribution in [3.8, 4) is 5.75 Å². The van der Waals surface area contributed by atoms with Crippen LogP contribution in [0, 0.1) is 5.82 Å². The Labute approximate surface area is 146 Å². The van der Waals surface area contributed by atoms with Crippen molar-refractivity contribution < 1.29 is 28.5 Å². The molecule has 6 heteroatoms. The largest absolute Gasteiger partial charge is 0.489 e. The molecular formula is C19H21FO5. The molecule has 25 heavy (non-hydrogen) atoms. The second-order valence-corrected chi connectivity index (χ2v) is 5.30. The number of carbonyl (C=O) groups is 1. The van der Waals surface area contributed by atoms with Crippen molar-refractivity contribution in [1.82, 2.24) is 0 Å². The van der Waals surface area contributed by atoms with Crippen molar-refractivity contribution in [2.45, 2.75) is 25.7 Å². The summed E-state index contributed by atoms with van der Waals surface area (Å²) in [5, 5.41) is 10.3. The van der Waals surface area contributed by atoms with Gasteiger partial charge in [-0.2, -0.15) is 0 Å². The van der Waals surface area contributed by atoms with Gasteiger partial charge >= 0.3 is 5.97 Å². The first-order valence-electron chi connectivity index (χ1n) is 7.90. The maximum atomic E-state index is 14.3. The van der Waals surface area contributed by atoms with Gasteiger partial charge in [-0.1, -0.05) is 30.3 Å². The van der Waals surface area contributed by atoms with Crippen LogP contribution in [0.25, 0.3) is 0 Å². The summed E-state index contributed by atoms with van der Waals surface area (Å²) in [6.07, 6.45) is -2.77. The number of esters is 1. The summed E-state index contributed by atoms with van der Waals surface area (Å²) >= 11 is 0. The van der Waals surface area contributed by atoms with Gasteiger partial charge in [-0.3, -0.25) is 0 Å². The average molecular weight is 348 g/mol. The van der Waals surface area contributed by atoms with Gasteiger partial charge in [0, 0.05) is 18.2 Å². The highest BCUT2D eigenvalue weighted by Gasteiger charge is 2.31. The predicted molar refractivity (Wildman–Crippen MR) is 89.6 cm³/mol. The highest BCUT2D eigenvalue weighted by molar-refractivity contribution is 5.75. The normalized spacial score (nSPS) is 13.1. The van der Waals surface area contributed by atoms with E-state index in [1.54, 1.807) is 6.92 Å². The standard InChI is InChI=1S/C19H21FO5/c1-3-24-18(19(22)23-2)17(21)15-10-9-14(11-16(15)20)25-12-13-7-5-4-6-8-13/h4-11,17-18,21H,3,12H2,1-2H3/t17?,18-/m0/s1. The van der Waals surface area contributed by atoms with E-state index in [1.165, 1.54) is 25.3 Å². The molecule has 0 aliphatic carbocycles. The molecule has 0 aromatic heterocycles. The molecule has 0 bridgehead atoms. The average Bonchev–Trinajstić information content (AvgIpc) is 2.64. The number of rotatable bonds is 8. The number of hydrogen-bond donors (Lipinski definition) is 1. The molecule has 5 nitrogen and oxygen atoms in total. The topological polar surface area (TPSA) is 65.0 Å². The van der Waals surface area contributed by atoms with Gasteiger partial charge in [0.25, 0.3) is 0 Å². The molecule has 0 aliphatic heterocycles. The number of benzene rings is 2. The van der Waals surface area contributed by atoms with Crippen LogP contribution in [-0.2, 0) is 20.9 Å². The van der Waals surface area contributed by atoms with Crippen molar-refractivity contribution in [2.24, 2.45) is 0 Å². The van der Waals surface area contributed by atoms with Crippen LogP contribution in [0.5, 0.6) is 5.75 Å². The Hall–Kier alpha value is -2.44. The van der Waals surface area contributed by atoms with Crippen LogP contribution in [0.1, 0.15) is 24.2 Å². The predicted octanol–water partition coefficient (Wildman–Crippen LogP) is 3.02. The van der Waals surface area contributed by atoms with Gasteiger partial charge in [0.2, 0.25) is 0 Å². The zero-order valence-electron chi connectivity index (χ0n) is 14.1. The zero-order chi connectivity index (χ0) is 18.2. The monoisotopic (exact) mass is 348 g/mol. The molecule has 0 saturated carbocycles. The zero-order valence-corrected chi connectivity index (χ0v) is 14.1. The van der Waals surface area contributed by atoms with Crippen LogP contribution in [0.2, 0.25) is 0 Å². The second kappa shape index (κ2) is 9.15.